The van der Waals surface area contributed by atoms with Gasteiger partial charge < -0.3 is 14.4 Å². The molecular formula is C27H24FN3O6S2. The molecule has 2 aromatic carbocycles. The van der Waals surface area contributed by atoms with Crippen molar-refractivity contribution in [2.24, 2.45) is 5.92 Å². The highest BCUT2D eigenvalue weighted by Gasteiger charge is 2.56. The zero-order chi connectivity index (χ0) is 27.3. The zero-order valence-electron chi connectivity index (χ0n) is 20.9. The number of methoxy groups -OCH3 is 1. The number of hydrogen-bond donors (Lipinski definition) is 0. The van der Waals surface area contributed by atoms with Crippen LogP contribution in [0.5, 0.6) is 5.75 Å². The maximum atomic E-state index is 13.9. The molecule has 0 aliphatic carbocycles. The number of hydrogen-bond acceptors (Lipinski definition) is 8. The lowest BCUT2D eigenvalue weighted by Crippen LogP contribution is -2.43. The lowest BCUT2D eigenvalue weighted by molar-refractivity contribution is -0.136. The highest BCUT2D eigenvalue weighted by atomic mass is 32.2. The fraction of sp³-hybridized carbons (Fsp3) is 0.333. The lowest BCUT2D eigenvalue weighted by atomic mass is 9.83. The molecule has 4 heterocycles. The van der Waals surface area contributed by atoms with Crippen molar-refractivity contribution in [2.75, 3.05) is 38.3 Å². The first-order chi connectivity index (χ1) is 18.9. The Balaban J connectivity index is 1.42. The van der Waals surface area contributed by atoms with Crippen LogP contribution < -0.4 is 14.5 Å². The topological polar surface area (TPSA) is 98.2 Å². The first-order valence-corrected chi connectivity index (χ1v) is 14.1. The van der Waals surface area contributed by atoms with E-state index in [1.54, 1.807) is 41.3 Å². The van der Waals surface area contributed by atoms with Crippen molar-refractivity contribution in [2.45, 2.75) is 22.7 Å². The average molecular weight is 570 g/mol. The van der Waals surface area contributed by atoms with E-state index in [0.29, 0.717) is 53.2 Å². The fourth-order valence-electron chi connectivity index (χ4n) is 5.32. The van der Waals surface area contributed by atoms with Crippen molar-refractivity contribution < 1.29 is 28.2 Å². The molecule has 9 nitrogen and oxygen atoms in total. The Morgan fingerprint density at radius 3 is 2.38 bits per heavy atom. The molecule has 3 aliphatic rings. The number of ether oxygens (including phenoxy) is 2. The van der Waals surface area contributed by atoms with E-state index >= 15 is 0 Å². The van der Waals surface area contributed by atoms with Crippen LogP contribution in [0, 0.1) is 11.7 Å². The summed E-state index contributed by atoms with van der Waals surface area (Å²) in [7, 11) is 1.53. The Bertz CT molecular complexity index is 1500. The van der Waals surface area contributed by atoms with Gasteiger partial charge in [0.1, 0.15) is 23.4 Å². The van der Waals surface area contributed by atoms with Crippen molar-refractivity contribution in [3.63, 3.8) is 0 Å². The number of morpholine rings is 1. The number of halogens is 1. The number of benzene rings is 2. The normalized spacial score (nSPS) is 22.6. The zero-order valence-corrected chi connectivity index (χ0v) is 22.5. The number of carbonyl (C=O) groups excluding carboxylic acids is 3. The lowest BCUT2D eigenvalue weighted by Gasteiger charge is -2.31. The molecule has 39 heavy (non-hydrogen) atoms. The van der Waals surface area contributed by atoms with Crippen molar-refractivity contribution in [3.8, 4) is 5.75 Å². The highest BCUT2D eigenvalue weighted by Crippen LogP contribution is 2.53. The van der Waals surface area contributed by atoms with Gasteiger partial charge in [-0.1, -0.05) is 35.2 Å². The van der Waals surface area contributed by atoms with Crippen LogP contribution in [0.2, 0.25) is 0 Å². The molecule has 12 heteroatoms. The number of rotatable bonds is 5. The number of fused-ring (bicyclic) bond motifs is 2. The van der Waals surface area contributed by atoms with Gasteiger partial charge in [0.2, 0.25) is 17.7 Å². The number of imide groups is 1. The molecule has 3 aliphatic heterocycles. The first-order valence-electron chi connectivity index (χ1n) is 12.4. The molecule has 1 aromatic heterocycles. The van der Waals surface area contributed by atoms with Crippen molar-refractivity contribution in [1.82, 2.24) is 9.47 Å². The molecule has 0 spiro atoms. The number of thiazole rings is 1. The summed E-state index contributed by atoms with van der Waals surface area (Å²) in [6.45, 7) is 1.59. The molecule has 6 rings (SSSR count). The van der Waals surface area contributed by atoms with Gasteiger partial charge >= 0.3 is 4.87 Å². The number of amides is 3. The third-order valence-electron chi connectivity index (χ3n) is 7.27. The van der Waals surface area contributed by atoms with Crippen molar-refractivity contribution >= 4 is 46.5 Å². The van der Waals surface area contributed by atoms with Crippen LogP contribution in [0.3, 0.4) is 0 Å². The van der Waals surface area contributed by atoms with E-state index in [0.717, 1.165) is 23.1 Å². The van der Waals surface area contributed by atoms with Gasteiger partial charge in [0.25, 0.3) is 0 Å². The molecule has 2 saturated heterocycles. The molecule has 3 atom stereocenters. The van der Waals surface area contributed by atoms with E-state index < -0.39 is 28.8 Å². The van der Waals surface area contributed by atoms with Crippen LogP contribution in [0.15, 0.2) is 58.4 Å². The smallest absolute Gasteiger partial charge is 0.308 e. The second-order valence-corrected chi connectivity index (χ2v) is 11.5. The summed E-state index contributed by atoms with van der Waals surface area (Å²) in [6.07, 6.45) is 0. The molecule has 202 valence electrons. The molecule has 0 radical (unpaired) electrons. The van der Waals surface area contributed by atoms with Crippen LogP contribution in [0.25, 0.3) is 0 Å². The maximum Gasteiger partial charge on any atom is 0.308 e. The standard InChI is InChI=1S/C27H24FN3O6S2/c1-36-18-8-6-17(7-9-18)31-24(33)21-20(15-2-4-16(28)5-3-15)23-26(38-22(21)25(31)34)30(27(35)39-23)14-19(32)29-10-12-37-13-11-29/h2-9,20-22H,10-14H2,1H3/t20-,21?,22?/m1/s1. The molecule has 0 saturated carbocycles. The van der Waals surface area contributed by atoms with Crippen molar-refractivity contribution in [3.05, 3.63) is 74.5 Å². The molecule has 2 unspecified atom stereocenters. The average Bonchev–Trinajstić information content (AvgIpc) is 3.40. The first kappa shape index (κ1) is 25.8. The fourth-order valence-corrected chi connectivity index (χ4v) is 8.09. The van der Waals surface area contributed by atoms with Crippen molar-refractivity contribution in [1.29, 1.82) is 0 Å². The van der Waals surface area contributed by atoms with Gasteiger partial charge in [-0.3, -0.25) is 23.7 Å². The number of nitrogens with zero attached hydrogens (tertiary/aromatic N) is 3. The van der Waals surface area contributed by atoms with E-state index in [-0.39, 0.29) is 23.2 Å². The van der Waals surface area contributed by atoms with Gasteiger partial charge in [-0.25, -0.2) is 9.29 Å². The summed E-state index contributed by atoms with van der Waals surface area (Å²) >= 11 is 2.12. The van der Waals surface area contributed by atoms with E-state index in [1.807, 2.05) is 0 Å². The summed E-state index contributed by atoms with van der Waals surface area (Å²) < 4.78 is 25.8. The monoisotopic (exact) mass is 569 g/mol. The second kappa shape index (κ2) is 10.2. The minimum atomic E-state index is -0.819. The van der Waals surface area contributed by atoms with Gasteiger partial charge in [0, 0.05) is 23.9 Å². The molecule has 2 fully saturated rings. The summed E-state index contributed by atoms with van der Waals surface area (Å²) in [5.41, 5.74) is 1.04. The minimum Gasteiger partial charge on any atom is -0.497 e. The van der Waals surface area contributed by atoms with E-state index in [2.05, 4.69) is 0 Å². The van der Waals surface area contributed by atoms with Gasteiger partial charge in [-0.2, -0.15) is 0 Å². The minimum absolute atomic E-state index is 0.171. The Kier molecular flexibility index (Phi) is 6.77. The summed E-state index contributed by atoms with van der Waals surface area (Å²) in [6, 6.07) is 12.4. The Hall–Kier alpha value is -3.48. The largest absolute Gasteiger partial charge is 0.497 e. The molecule has 0 N–H and O–H groups in total. The summed E-state index contributed by atoms with van der Waals surface area (Å²) in [5.74, 6) is -2.30. The quantitative estimate of drug-likeness (QED) is 0.436. The predicted molar refractivity (Wildman–Crippen MR) is 143 cm³/mol. The van der Waals surface area contributed by atoms with Gasteiger partial charge in [-0.05, 0) is 42.0 Å². The Labute approximate surface area is 231 Å². The highest BCUT2D eigenvalue weighted by molar-refractivity contribution is 8.00. The molecule has 3 amide bonds. The van der Waals surface area contributed by atoms with Crippen LogP contribution in [-0.2, 0) is 25.7 Å². The molecule has 3 aromatic rings. The van der Waals surface area contributed by atoms with Gasteiger partial charge in [0.05, 0.1) is 37.0 Å². The third kappa shape index (κ3) is 4.46. The SMILES string of the molecule is COc1ccc(N2C(=O)C3Sc4c(sc(=O)n4CC(=O)N4CCOCC4)[C@H](c4ccc(F)cc4)C3C2=O)cc1. The maximum absolute atomic E-state index is 13.9. The van der Waals surface area contributed by atoms with Gasteiger partial charge in [0.15, 0.2) is 0 Å². The number of aromatic nitrogens is 1. The third-order valence-corrected chi connectivity index (χ3v) is 9.87. The summed E-state index contributed by atoms with van der Waals surface area (Å²) in [4.78, 5) is 57.0. The number of anilines is 1. The second-order valence-electron chi connectivity index (χ2n) is 9.42. The Morgan fingerprint density at radius 2 is 1.72 bits per heavy atom. The van der Waals surface area contributed by atoms with E-state index in [1.165, 1.54) is 28.7 Å². The Morgan fingerprint density at radius 1 is 1.03 bits per heavy atom. The number of thioether (sulfide) groups is 1. The van der Waals surface area contributed by atoms with Crippen LogP contribution in [-0.4, -0.2) is 65.9 Å². The van der Waals surface area contributed by atoms with E-state index in [4.69, 9.17) is 9.47 Å². The van der Waals surface area contributed by atoms with E-state index in [9.17, 15) is 23.6 Å². The number of carbonyl (C=O) groups is 3. The predicted octanol–water partition coefficient (Wildman–Crippen LogP) is 2.71. The van der Waals surface area contributed by atoms with Crippen LogP contribution in [0.1, 0.15) is 16.4 Å². The molecule has 0 bridgehead atoms. The van der Waals surface area contributed by atoms with Crippen LogP contribution >= 0.6 is 23.1 Å². The summed E-state index contributed by atoms with van der Waals surface area (Å²) in [5, 5.41) is -0.319. The van der Waals surface area contributed by atoms with Gasteiger partial charge in [-0.15, -0.1) is 0 Å². The molecular weight excluding hydrogens is 545 g/mol. The van der Waals surface area contributed by atoms with Crippen LogP contribution in [0.4, 0.5) is 10.1 Å².